The Morgan fingerprint density at radius 3 is 2.78 bits per heavy atom. The number of sulfonamides is 1. The minimum absolute atomic E-state index is 0.264. The van der Waals surface area contributed by atoms with Crippen LogP contribution >= 0.6 is 0 Å². The molecule has 7 nitrogen and oxygen atoms in total. The van der Waals surface area contributed by atoms with E-state index in [1.807, 2.05) is 13.0 Å². The third-order valence-electron chi connectivity index (χ3n) is 3.86. The fourth-order valence-electron chi connectivity index (χ4n) is 2.32. The van der Waals surface area contributed by atoms with E-state index in [0.717, 1.165) is 18.2 Å². The average molecular weight is 341 g/mol. The molecule has 0 aromatic heterocycles. The number of amides is 2. The van der Waals surface area contributed by atoms with Gasteiger partial charge in [-0.2, -0.15) is 0 Å². The summed E-state index contributed by atoms with van der Waals surface area (Å²) in [6.45, 7) is 3.42. The molecule has 0 spiro atoms. The molecule has 1 aromatic carbocycles. The molecular weight excluding hydrogens is 318 g/mol. The van der Waals surface area contributed by atoms with Gasteiger partial charge in [-0.25, -0.2) is 13.2 Å². The summed E-state index contributed by atoms with van der Waals surface area (Å²) in [5.41, 5.74) is 1.05. The molecule has 2 rings (SSSR count). The average Bonchev–Trinajstić information content (AvgIpc) is 2.90. The van der Waals surface area contributed by atoms with Crippen LogP contribution in [0.5, 0.6) is 0 Å². The Morgan fingerprint density at radius 2 is 2.17 bits per heavy atom. The molecule has 0 bridgehead atoms. The van der Waals surface area contributed by atoms with E-state index in [1.54, 1.807) is 18.2 Å². The Hall–Kier alpha value is -1.80. The summed E-state index contributed by atoms with van der Waals surface area (Å²) in [5, 5.41) is 5.69. The van der Waals surface area contributed by atoms with Crippen LogP contribution in [-0.2, 0) is 21.3 Å². The number of ether oxygens (including phenoxy) is 1. The number of nitrogens with one attached hydrogen (secondary N) is 2. The molecule has 1 aromatic rings. The van der Waals surface area contributed by atoms with Gasteiger partial charge in [-0.15, -0.1) is 0 Å². The highest BCUT2D eigenvalue weighted by Gasteiger charge is 2.31. The second kappa shape index (κ2) is 6.76. The minimum Gasteiger partial charge on any atom is -0.379 e. The van der Waals surface area contributed by atoms with E-state index >= 15 is 0 Å². The molecule has 2 N–H and O–H groups in total. The minimum atomic E-state index is -3.31. The summed E-state index contributed by atoms with van der Waals surface area (Å²) in [7, 11) is -1.81. The van der Waals surface area contributed by atoms with E-state index < -0.39 is 10.0 Å². The summed E-state index contributed by atoms with van der Waals surface area (Å²) in [6.07, 6.45) is 1.94. The van der Waals surface area contributed by atoms with Crippen LogP contribution in [0.15, 0.2) is 24.3 Å². The maximum atomic E-state index is 12.0. The number of carbonyl (C=O) groups excluding carboxylic acids is 1. The van der Waals surface area contributed by atoms with Crippen LogP contribution in [0.4, 0.5) is 10.5 Å². The standard InChI is InChI=1S/C15H23N3O4S/c1-15(7-8-22-11-15)17-14(19)16-10-12-5-4-6-13(9-12)18(2)23(3,20)21/h4-6,9H,7-8,10-11H2,1-3H3,(H2,16,17,19). The number of nitrogens with zero attached hydrogens (tertiary/aromatic N) is 1. The number of anilines is 1. The molecule has 128 valence electrons. The van der Waals surface area contributed by atoms with Gasteiger partial charge in [-0.05, 0) is 31.0 Å². The SMILES string of the molecule is CN(c1cccc(CNC(=O)NC2(C)CCOC2)c1)S(C)(=O)=O. The summed E-state index contributed by atoms with van der Waals surface area (Å²) >= 11 is 0. The zero-order chi connectivity index (χ0) is 17.1. The number of hydrogen-bond acceptors (Lipinski definition) is 4. The number of hydrogen-bond donors (Lipinski definition) is 2. The normalized spacial score (nSPS) is 21.0. The molecule has 0 aliphatic carbocycles. The van der Waals surface area contributed by atoms with Crippen LogP contribution in [0.25, 0.3) is 0 Å². The fourth-order valence-corrected chi connectivity index (χ4v) is 2.82. The van der Waals surface area contributed by atoms with Crippen molar-refractivity contribution in [2.24, 2.45) is 0 Å². The number of benzene rings is 1. The van der Waals surface area contributed by atoms with Crippen LogP contribution in [0.3, 0.4) is 0 Å². The molecule has 1 aliphatic heterocycles. The molecule has 1 saturated heterocycles. The van der Waals surface area contributed by atoms with Gasteiger partial charge in [0, 0.05) is 20.2 Å². The van der Waals surface area contributed by atoms with Crippen molar-refractivity contribution in [2.45, 2.75) is 25.4 Å². The van der Waals surface area contributed by atoms with Gasteiger partial charge in [0.25, 0.3) is 0 Å². The van der Waals surface area contributed by atoms with E-state index in [1.165, 1.54) is 11.4 Å². The van der Waals surface area contributed by atoms with Crippen molar-refractivity contribution in [3.8, 4) is 0 Å². The van der Waals surface area contributed by atoms with E-state index in [-0.39, 0.29) is 11.6 Å². The van der Waals surface area contributed by atoms with E-state index in [2.05, 4.69) is 10.6 Å². The van der Waals surface area contributed by atoms with E-state index in [9.17, 15) is 13.2 Å². The second-order valence-electron chi connectivity index (χ2n) is 6.07. The van der Waals surface area contributed by atoms with Crippen molar-refractivity contribution < 1.29 is 17.9 Å². The topological polar surface area (TPSA) is 87.7 Å². The Labute approximate surface area is 137 Å². The molecule has 2 amide bonds. The lowest BCUT2D eigenvalue weighted by Gasteiger charge is -2.23. The van der Waals surface area contributed by atoms with Crippen molar-refractivity contribution >= 4 is 21.7 Å². The van der Waals surface area contributed by atoms with Crippen LogP contribution in [0, 0.1) is 0 Å². The van der Waals surface area contributed by atoms with Gasteiger partial charge < -0.3 is 15.4 Å². The molecule has 1 fully saturated rings. The van der Waals surface area contributed by atoms with Crippen LogP contribution in [-0.4, -0.2) is 46.5 Å². The first-order valence-electron chi connectivity index (χ1n) is 7.36. The third kappa shape index (κ3) is 4.84. The van der Waals surface area contributed by atoms with Crippen molar-refractivity contribution in [2.75, 3.05) is 30.8 Å². The van der Waals surface area contributed by atoms with Crippen LogP contribution in [0.2, 0.25) is 0 Å². The predicted molar refractivity (Wildman–Crippen MR) is 88.9 cm³/mol. The van der Waals surface area contributed by atoms with Crippen LogP contribution in [0.1, 0.15) is 18.9 Å². The van der Waals surface area contributed by atoms with Gasteiger partial charge in [-0.3, -0.25) is 4.31 Å². The molecule has 1 atom stereocenters. The van der Waals surface area contributed by atoms with E-state index in [0.29, 0.717) is 25.4 Å². The number of rotatable bonds is 5. The fraction of sp³-hybridized carbons (Fsp3) is 0.533. The highest BCUT2D eigenvalue weighted by Crippen LogP contribution is 2.18. The zero-order valence-corrected chi connectivity index (χ0v) is 14.4. The lowest BCUT2D eigenvalue weighted by Crippen LogP contribution is -2.50. The third-order valence-corrected chi connectivity index (χ3v) is 5.06. The lowest BCUT2D eigenvalue weighted by atomic mass is 10.0. The highest BCUT2D eigenvalue weighted by molar-refractivity contribution is 7.92. The first kappa shape index (κ1) is 17.6. The monoisotopic (exact) mass is 341 g/mol. The summed E-state index contributed by atoms with van der Waals surface area (Å²) in [6, 6.07) is 6.78. The molecule has 1 heterocycles. The summed E-state index contributed by atoms with van der Waals surface area (Å²) in [4.78, 5) is 12.0. The molecule has 0 saturated carbocycles. The maximum absolute atomic E-state index is 12.0. The quantitative estimate of drug-likeness (QED) is 0.838. The molecule has 8 heteroatoms. The molecule has 0 radical (unpaired) electrons. The van der Waals surface area contributed by atoms with E-state index in [4.69, 9.17) is 4.74 Å². The Balaban J connectivity index is 1.94. The number of carbonyl (C=O) groups is 1. The summed E-state index contributed by atoms with van der Waals surface area (Å²) < 4.78 is 29.6. The van der Waals surface area contributed by atoms with Crippen molar-refractivity contribution in [1.82, 2.24) is 10.6 Å². The largest absolute Gasteiger partial charge is 0.379 e. The van der Waals surface area contributed by atoms with Crippen molar-refractivity contribution in [3.63, 3.8) is 0 Å². The Kier molecular flexibility index (Phi) is 5.16. The molecule has 23 heavy (non-hydrogen) atoms. The highest BCUT2D eigenvalue weighted by atomic mass is 32.2. The zero-order valence-electron chi connectivity index (χ0n) is 13.6. The predicted octanol–water partition coefficient (Wildman–Crippen LogP) is 1.06. The summed E-state index contributed by atoms with van der Waals surface area (Å²) in [5.74, 6) is 0. The lowest BCUT2D eigenvalue weighted by molar-refractivity contribution is 0.170. The van der Waals surface area contributed by atoms with Gasteiger partial charge in [0.2, 0.25) is 10.0 Å². The molecule has 1 unspecified atom stereocenters. The first-order valence-corrected chi connectivity index (χ1v) is 9.21. The van der Waals surface area contributed by atoms with Gasteiger partial charge >= 0.3 is 6.03 Å². The molecular formula is C15H23N3O4S. The van der Waals surface area contributed by atoms with Gasteiger partial charge in [0.1, 0.15) is 0 Å². The molecule has 1 aliphatic rings. The first-order chi connectivity index (χ1) is 10.7. The smallest absolute Gasteiger partial charge is 0.315 e. The van der Waals surface area contributed by atoms with Gasteiger partial charge in [0.15, 0.2) is 0 Å². The van der Waals surface area contributed by atoms with Crippen LogP contribution < -0.4 is 14.9 Å². The second-order valence-corrected chi connectivity index (χ2v) is 8.09. The van der Waals surface area contributed by atoms with Gasteiger partial charge in [-0.1, -0.05) is 12.1 Å². The van der Waals surface area contributed by atoms with Crippen molar-refractivity contribution in [1.29, 1.82) is 0 Å². The Morgan fingerprint density at radius 1 is 1.43 bits per heavy atom. The Bertz CT molecular complexity index is 669. The number of urea groups is 1. The van der Waals surface area contributed by atoms with Gasteiger partial charge in [0.05, 0.1) is 24.1 Å². The van der Waals surface area contributed by atoms with Crippen molar-refractivity contribution in [3.05, 3.63) is 29.8 Å². The maximum Gasteiger partial charge on any atom is 0.315 e.